The first-order valence-electron chi connectivity index (χ1n) is 6.88. The van der Waals surface area contributed by atoms with Gasteiger partial charge in [0.1, 0.15) is 5.76 Å². The molecule has 1 heterocycles. The van der Waals surface area contributed by atoms with Crippen LogP contribution in [0.25, 0.3) is 0 Å². The molecule has 20 heavy (non-hydrogen) atoms. The predicted octanol–water partition coefficient (Wildman–Crippen LogP) is 3.16. The van der Waals surface area contributed by atoms with E-state index in [1.165, 1.54) is 0 Å². The Balaban J connectivity index is 2.11. The molecule has 1 aromatic rings. The second kappa shape index (κ2) is 5.77. The Morgan fingerprint density at radius 1 is 1.50 bits per heavy atom. The molecular weight excluding hydrogens is 269 g/mol. The molecule has 0 bridgehead atoms. The van der Waals surface area contributed by atoms with E-state index in [1.54, 1.807) is 12.3 Å². The molecule has 1 saturated carbocycles. The van der Waals surface area contributed by atoms with Crippen molar-refractivity contribution in [3.05, 3.63) is 24.2 Å². The quantitative estimate of drug-likeness (QED) is 0.926. The molecule has 2 N–H and O–H groups in total. The van der Waals surface area contributed by atoms with Crippen LogP contribution in [0.4, 0.5) is 13.2 Å². The molecule has 0 amide bonds. The lowest BCUT2D eigenvalue weighted by atomic mass is 9.74. The summed E-state index contributed by atoms with van der Waals surface area (Å²) in [6, 6.07) is 3.60. The normalized spacial score (nSPS) is 28.0. The molecule has 3 nitrogen and oxygen atoms in total. The molecule has 1 fully saturated rings. The smallest absolute Gasteiger partial charge is 0.391 e. The van der Waals surface area contributed by atoms with Crippen molar-refractivity contribution in [2.75, 3.05) is 13.6 Å². The molecule has 2 rings (SSSR count). The summed E-state index contributed by atoms with van der Waals surface area (Å²) in [4.78, 5) is 1.92. The number of hydrogen-bond donors (Lipinski definition) is 1. The van der Waals surface area contributed by atoms with Crippen LogP contribution in [0.2, 0.25) is 0 Å². The summed E-state index contributed by atoms with van der Waals surface area (Å²) in [6.45, 7) is 0.714. The zero-order valence-electron chi connectivity index (χ0n) is 11.6. The van der Waals surface area contributed by atoms with Crippen molar-refractivity contribution in [1.29, 1.82) is 0 Å². The minimum absolute atomic E-state index is 0.0736. The van der Waals surface area contributed by atoms with Crippen LogP contribution >= 0.6 is 0 Å². The van der Waals surface area contributed by atoms with Gasteiger partial charge in [-0.3, -0.25) is 4.90 Å². The molecule has 0 spiro atoms. The Morgan fingerprint density at radius 2 is 2.25 bits per heavy atom. The number of nitrogens with two attached hydrogens (primary N) is 1. The van der Waals surface area contributed by atoms with Gasteiger partial charge in [-0.15, -0.1) is 0 Å². The number of alkyl halides is 3. The number of hydrogen-bond acceptors (Lipinski definition) is 3. The van der Waals surface area contributed by atoms with Crippen molar-refractivity contribution < 1.29 is 17.6 Å². The lowest BCUT2D eigenvalue weighted by molar-refractivity contribution is -0.193. The zero-order chi connectivity index (χ0) is 14.8. The van der Waals surface area contributed by atoms with Gasteiger partial charge in [-0.1, -0.05) is 6.42 Å². The first-order valence-corrected chi connectivity index (χ1v) is 6.88. The first-order chi connectivity index (χ1) is 9.37. The van der Waals surface area contributed by atoms with Gasteiger partial charge < -0.3 is 10.2 Å². The van der Waals surface area contributed by atoms with Gasteiger partial charge in [0.25, 0.3) is 0 Å². The zero-order valence-corrected chi connectivity index (χ0v) is 11.6. The fourth-order valence-corrected chi connectivity index (χ4v) is 3.11. The topological polar surface area (TPSA) is 42.4 Å². The third-order valence-corrected chi connectivity index (χ3v) is 4.45. The van der Waals surface area contributed by atoms with Crippen molar-refractivity contribution in [3.8, 4) is 0 Å². The van der Waals surface area contributed by atoms with Gasteiger partial charge >= 0.3 is 6.18 Å². The summed E-state index contributed by atoms with van der Waals surface area (Å²) < 4.78 is 44.2. The first kappa shape index (κ1) is 15.4. The Morgan fingerprint density at radius 3 is 2.80 bits per heavy atom. The molecule has 0 aliphatic heterocycles. The van der Waals surface area contributed by atoms with Gasteiger partial charge in [0.2, 0.25) is 0 Å². The highest BCUT2D eigenvalue weighted by atomic mass is 19.4. The Hall–Kier alpha value is -1.01. The average Bonchev–Trinajstić information content (AvgIpc) is 2.90. The van der Waals surface area contributed by atoms with E-state index in [9.17, 15) is 13.2 Å². The van der Waals surface area contributed by atoms with Gasteiger partial charge in [-0.05, 0) is 38.4 Å². The molecule has 6 heteroatoms. The number of furan rings is 1. The molecule has 1 aliphatic rings. The average molecular weight is 290 g/mol. The monoisotopic (exact) mass is 290 g/mol. The molecular formula is C14H21F3N2O. The van der Waals surface area contributed by atoms with Crippen LogP contribution in [-0.2, 0) is 6.54 Å². The van der Waals surface area contributed by atoms with Gasteiger partial charge in [-0.2, -0.15) is 13.2 Å². The van der Waals surface area contributed by atoms with E-state index in [0.717, 1.165) is 5.76 Å². The molecule has 2 atom stereocenters. The maximum atomic E-state index is 13.0. The summed E-state index contributed by atoms with van der Waals surface area (Å²) in [5.41, 5.74) is 5.24. The number of nitrogens with zero attached hydrogens (tertiary/aromatic N) is 1. The molecule has 0 radical (unpaired) electrons. The molecule has 0 aromatic carbocycles. The fourth-order valence-electron chi connectivity index (χ4n) is 3.11. The summed E-state index contributed by atoms with van der Waals surface area (Å²) in [5.74, 6) is -0.506. The standard InChI is InChI=1S/C14H21F3N2O/c1-19(9-12-5-3-7-20-12)13(10-18)6-2-4-11(8-13)14(15,16)17/h3,5,7,11H,2,4,6,8-10,18H2,1H3. The molecule has 114 valence electrons. The van der Waals surface area contributed by atoms with E-state index in [4.69, 9.17) is 10.2 Å². The minimum atomic E-state index is -4.13. The van der Waals surface area contributed by atoms with Gasteiger partial charge in [0.05, 0.1) is 18.7 Å². The lowest BCUT2D eigenvalue weighted by Gasteiger charge is -2.46. The summed E-state index contributed by atoms with van der Waals surface area (Å²) in [5, 5.41) is 0. The van der Waals surface area contributed by atoms with Crippen LogP contribution in [-0.4, -0.2) is 30.2 Å². The van der Waals surface area contributed by atoms with Crippen molar-refractivity contribution in [3.63, 3.8) is 0 Å². The highest BCUT2D eigenvalue weighted by Gasteiger charge is 2.48. The molecule has 2 unspecified atom stereocenters. The molecule has 1 aromatic heterocycles. The lowest BCUT2D eigenvalue weighted by Crippen LogP contribution is -2.55. The van der Waals surface area contributed by atoms with Crippen molar-refractivity contribution in [2.45, 2.75) is 43.9 Å². The van der Waals surface area contributed by atoms with Gasteiger partial charge in [0.15, 0.2) is 0 Å². The van der Waals surface area contributed by atoms with Crippen molar-refractivity contribution in [2.24, 2.45) is 11.7 Å². The third kappa shape index (κ3) is 3.17. The van der Waals surface area contributed by atoms with Crippen LogP contribution in [0.15, 0.2) is 22.8 Å². The van der Waals surface area contributed by atoms with E-state index in [2.05, 4.69) is 0 Å². The highest BCUT2D eigenvalue weighted by Crippen LogP contribution is 2.43. The van der Waals surface area contributed by atoms with Crippen LogP contribution in [0, 0.1) is 5.92 Å². The van der Waals surface area contributed by atoms with Crippen molar-refractivity contribution in [1.82, 2.24) is 4.90 Å². The Labute approximate surface area is 116 Å². The SMILES string of the molecule is CN(Cc1ccco1)C1(CN)CCCC(C(F)(F)F)C1. The van der Waals surface area contributed by atoms with Crippen LogP contribution in [0.3, 0.4) is 0 Å². The van der Waals surface area contributed by atoms with E-state index in [0.29, 0.717) is 19.4 Å². The van der Waals surface area contributed by atoms with Gasteiger partial charge in [0, 0.05) is 12.1 Å². The largest absolute Gasteiger partial charge is 0.468 e. The maximum Gasteiger partial charge on any atom is 0.391 e. The summed E-state index contributed by atoms with van der Waals surface area (Å²) >= 11 is 0. The van der Waals surface area contributed by atoms with Crippen LogP contribution < -0.4 is 5.73 Å². The van der Waals surface area contributed by atoms with E-state index in [-0.39, 0.29) is 19.4 Å². The number of halogens is 3. The number of rotatable bonds is 4. The van der Waals surface area contributed by atoms with E-state index >= 15 is 0 Å². The van der Waals surface area contributed by atoms with Crippen LogP contribution in [0.5, 0.6) is 0 Å². The maximum absolute atomic E-state index is 13.0. The molecule has 1 aliphatic carbocycles. The Bertz CT molecular complexity index is 419. The predicted molar refractivity (Wildman–Crippen MR) is 70.0 cm³/mol. The van der Waals surface area contributed by atoms with Crippen molar-refractivity contribution >= 4 is 0 Å². The second-order valence-corrected chi connectivity index (χ2v) is 5.70. The summed E-state index contributed by atoms with van der Waals surface area (Å²) in [7, 11) is 1.83. The number of likely N-dealkylation sites (N-methyl/N-ethyl adjacent to an activating group) is 1. The second-order valence-electron chi connectivity index (χ2n) is 5.70. The minimum Gasteiger partial charge on any atom is -0.468 e. The van der Waals surface area contributed by atoms with Gasteiger partial charge in [-0.25, -0.2) is 0 Å². The summed E-state index contributed by atoms with van der Waals surface area (Å²) in [6.07, 6.45) is -1.02. The van der Waals surface area contributed by atoms with E-state index in [1.807, 2.05) is 18.0 Å². The third-order valence-electron chi connectivity index (χ3n) is 4.45. The highest BCUT2D eigenvalue weighted by molar-refractivity contribution is 5.02. The molecule has 0 saturated heterocycles. The fraction of sp³-hybridized carbons (Fsp3) is 0.714. The Kier molecular flexibility index (Phi) is 4.44. The van der Waals surface area contributed by atoms with E-state index < -0.39 is 17.6 Å². The van der Waals surface area contributed by atoms with Crippen LogP contribution in [0.1, 0.15) is 31.4 Å².